The second-order valence-electron chi connectivity index (χ2n) is 3.37. The van der Waals surface area contributed by atoms with Gasteiger partial charge in [-0.2, -0.15) is 0 Å². The number of aromatic nitrogens is 1. The molecular formula is C11H10BrNO. The monoisotopic (exact) mass is 251 g/mol. The van der Waals surface area contributed by atoms with Crippen LogP contribution in [0.25, 0.3) is 10.9 Å². The Kier molecular flexibility index (Phi) is 2.19. The van der Waals surface area contributed by atoms with Crippen molar-refractivity contribution >= 4 is 32.6 Å². The van der Waals surface area contributed by atoms with E-state index in [0.717, 1.165) is 26.6 Å². The fourth-order valence-corrected chi connectivity index (χ4v) is 2.12. The van der Waals surface area contributed by atoms with Gasteiger partial charge in [0.1, 0.15) is 0 Å². The number of Topliss-reactive ketones (excluding diaryl/α,β-unsaturated/α-hetero) is 1. The van der Waals surface area contributed by atoms with Crippen LogP contribution in [-0.4, -0.2) is 10.8 Å². The SMILES string of the molecule is CC(=O)c1c(C)[nH]c2cc(Br)ccc12. The summed E-state index contributed by atoms with van der Waals surface area (Å²) in [7, 11) is 0. The highest BCUT2D eigenvalue weighted by atomic mass is 79.9. The maximum atomic E-state index is 11.4. The first-order valence-corrected chi connectivity index (χ1v) is 5.17. The van der Waals surface area contributed by atoms with E-state index in [-0.39, 0.29) is 5.78 Å². The van der Waals surface area contributed by atoms with Gasteiger partial charge in [-0.25, -0.2) is 0 Å². The molecule has 14 heavy (non-hydrogen) atoms. The standard InChI is InChI=1S/C11H10BrNO/c1-6-11(7(2)14)9-4-3-8(12)5-10(9)13-6/h3-5,13H,1-2H3. The highest BCUT2D eigenvalue weighted by Gasteiger charge is 2.11. The zero-order chi connectivity index (χ0) is 10.3. The Labute approximate surface area is 90.4 Å². The van der Waals surface area contributed by atoms with Gasteiger partial charge in [0.05, 0.1) is 0 Å². The predicted octanol–water partition coefficient (Wildman–Crippen LogP) is 3.44. The van der Waals surface area contributed by atoms with Gasteiger partial charge in [0.25, 0.3) is 0 Å². The Balaban J connectivity index is 2.84. The molecule has 0 aliphatic carbocycles. The number of halogens is 1. The lowest BCUT2D eigenvalue weighted by molar-refractivity contribution is 0.101. The molecule has 0 unspecified atom stereocenters. The second kappa shape index (κ2) is 3.24. The lowest BCUT2D eigenvalue weighted by Gasteiger charge is -1.94. The number of rotatable bonds is 1. The molecule has 0 amide bonds. The Morgan fingerprint density at radius 3 is 2.79 bits per heavy atom. The quantitative estimate of drug-likeness (QED) is 0.775. The number of benzene rings is 1. The van der Waals surface area contributed by atoms with Gasteiger partial charge in [-0.05, 0) is 26.0 Å². The average molecular weight is 252 g/mol. The van der Waals surface area contributed by atoms with E-state index in [1.165, 1.54) is 0 Å². The van der Waals surface area contributed by atoms with E-state index in [4.69, 9.17) is 0 Å². The van der Waals surface area contributed by atoms with Crippen LogP contribution < -0.4 is 0 Å². The van der Waals surface area contributed by atoms with E-state index in [9.17, 15) is 4.79 Å². The molecule has 1 aromatic heterocycles. The fraction of sp³-hybridized carbons (Fsp3) is 0.182. The van der Waals surface area contributed by atoms with Crippen molar-refractivity contribution in [2.45, 2.75) is 13.8 Å². The minimum Gasteiger partial charge on any atom is -0.358 e. The third-order valence-corrected chi connectivity index (χ3v) is 2.79. The Bertz CT molecular complexity index is 513. The summed E-state index contributed by atoms with van der Waals surface area (Å²) in [6.45, 7) is 3.52. The number of hydrogen-bond donors (Lipinski definition) is 1. The van der Waals surface area contributed by atoms with Crippen molar-refractivity contribution in [1.82, 2.24) is 4.98 Å². The first-order chi connectivity index (χ1) is 6.59. The first kappa shape index (κ1) is 9.46. The van der Waals surface area contributed by atoms with Crippen LogP contribution in [0.4, 0.5) is 0 Å². The lowest BCUT2D eigenvalue weighted by Crippen LogP contribution is -1.92. The van der Waals surface area contributed by atoms with Gasteiger partial charge in [-0.15, -0.1) is 0 Å². The van der Waals surface area contributed by atoms with Crippen molar-refractivity contribution in [3.63, 3.8) is 0 Å². The Morgan fingerprint density at radius 2 is 2.14 bits per heavy atom. The van der Waals surface area contributed by atoms with Crippen molar-refractivity contribution in [3.05, 3.63) is 33.9 Å². The van der Waals surface area contributed by atoms with Crippen LogP contribution in [0, 0.1) is 6.92 Å². The van der Waals surface area contributed by atoms with E-state index < -0.39 is 0 Å². The molecule has 1 N–H and O–H groups in total. The van der Waals surface area contributed by atoms with Crippen molar-refractivity contribution in [1.29, 1.82) is 0 Å². The summed E-state index contributed by atoms with van der Waals surface area (Å²) in [5, 5.41) is 0.998. The normalized spacial score (nSPS) is 10.8. The van der Waals surface area contributed by atoms with Crippen LogP contribution in [0.15, 0.2) is 22.7 Å². The molecule has 1 aromatic carbocycles. The molecule has 2 rings (SSSR count). The molecule has 0 fully saturated rings. The smallest absolute Gasteiger partial charge is 0.162 e. The van der Waals surface area contributed by atoms with Crippen molar-refractivity contribution in [3.8, 4) is 0 Å². The number of H-pyrrole nitrogens is 1. The van der Waals surface area contributed by atoms with Gasteiger partial charge in [-0.1, -0.05) is 22.0 Å². The van der Waals surface area contributed by atoms with Gasteiger partial charge in [0.15, 0.2) is 5.78 Å². The molecule has 0 saturated heterocycles. The molecule has 0 spiro atoms. The number of ketones is 1. The third-order valence-electron chi connectivity index (χ3n) is 2.30. The number of aromatic amines is 1. The summed E-state index contributed by atoms with van der Waals surface area (Å²) in [5.41, 5.74) is 2.74. The topological polar surface area (TPSA) is 32.9 Å². The summed E-state index contributed by atoms with van der Waals surface area (Å²) in [5.74, 6) is 0.107. The lowest BCUT2D eigenvalue weighted by atomic mass is 10.1. The summed E-state index contributed by atoms with van der Waals surface area (Å²) in [4.78, 5) is 14.6. The molecule has 1 heterocycles. The van der Waals surface area contributed by atoms with Crippen LogP contribution in [-0.2, 0) is 0 Å². The molecule has 0 aliphatic rings. The highest BCUT2D eigenvalue weighted by molar-refractivity contribution is 9.10. The maximum absolute atomic E-state index is 11.4. The van der Waals surface area contributed by atoms with Crippen LogP contribution in [0.5, 0.6) is 0 Å². The molecule has 72 valence electrons. The van der Waals surface area contributed by atoms with Gasteiger partial charge in [-0.3, -0.25) is 4.79 Å². The zero-order valence-electron chi connectivity index (χ0n) is 8.02. The molecule has 2 nitrogen and oxygen atoms in total. The molecule has 0 saturated carbocycles. The van der Waals surface area contributed by atoms with Crippen LogP contribution in [0.3, 0.4) is 0 Å². The van der Waals surface area contributed by atoms with E-state index in [1.807, 2.05) is 25.1 Å². The maximum Gasteiger partial charge on any atom is 0.162 e. The molecule has 0 radical (unpaired) electrons. The van der Waals surface area contributed by atoms with Gasteiger partial charge >= 0.3 is 0 Å². The summed E-state index contributed by atoms with van der Waals surface area (Å²) in [6, 6.07) is 5.89. The van der Waals surface area contributed by atoms with E-state index in [1.54, 1.807) is 6.92 Å². The number of nitrogens with one attached hydrogen (secondary N) is 1. The minimum atomic E-state index is 0.107. The number of hydrogen-bond acceptors (Lipinski definition) is 1. The molecule has 0 atom stereocenters. The molecule has 0 aliphatic heterocycles. The van der Waals surface area contributed by atoms with E-state index >= 15 is 0 Å². The number of carbonyl (C=O) groups is 1. The number of carbonyl (C=O) groups excluding carboxylic acids is 1. The van der Waals surface area contributed by atoms with Gasteiger partial charge in [0.2, 0.25) is 0 Å². The summed E-state index contributed by atoms with van der Waals surface area (Å²) < 4.78 is 1.02. The first-order valence-electron chi connectivity index (χ1n) is 4.38. The van der Waals surface area contributed by atoms with Gasteiger partial charge in [0, 0.05) is 26.6 Å². The Morgan fingerprint density at radius 1 is 1.43 bits per heavy atom. The number of aryl methyl sites for hydroxylation is 1. The van der Waals surface area contributed by atoms with Crippen molar-refractivity contribution in [2.75, 3.05) is 0 Å². The van der Waals surface area contributed by atoms with E-state index in [2.05, 4.69) is 20.9 Å². The molecule has 0 bridgehead atoms. The van der Waals surface area contributed by atoms with Crippen molar-refractivity contribution < 1.29 is 4.79 Å². The predicted molar refractivity (Wildman–Crippen MR) is 60.7 cm³/mol. The van der Waals surface area contributed by atoms with Crippen LogP contribution in [0.2, 0.25) is 0 Å². The minimum absolute atomic E-state index is 0.107. The van der Waals surface area contributed by atoms with E-state index in [0.29, 0.717) is 0 Å². The third kappa shape index (κ3) is 1.38. The summed E-state index contributed by atoms with van der Waals surface area (Å²) in [6.07, 6.45) is 0. The molecular weight excluding hydrogens is 242 g/mol. The van der Waals surface area contributed by atoms with Gasteiger partial charge < -0.3 is 4.98 Å². The average Bonchev–Trinajstić information content (AvgIpc) is 2.39. The van der Waals surface area contributed by atoms with Crippen molar-refractivity contribution in [2.24, 2.45) is 0 Å². The molecule has 3 heteroatoms. The molecule has 2 aromatic rings. The second-order valence-corrected chi connectivity index (χ2v) is 4.29. The van der Waals surface area contributed by atoms with Crippen LogP contribution in [0.1, 0.15) is 23.0 Å². The highest BCUT2D eigenvalue weighted by Crippen LogP contribution is 2.25. The largest absolute Gasteiger partial charge is 0.358 e. The fourth-order valence-electron chi connectivity index (χ4n) is 1.76. The zero-order valence-corrected chi connectivity index (χ0v) is 9.60. The Hall–Kier alpha value is -1.09. The van der Waals surface area contributed by atoms with Crippen LogP contribution >= 0.6 is 15.9 Å². The number of fused-ring (bicyclic) bond motifs is 1. The summed E-state index contributed by atoms with van der Waals surface area (Å²) >= 11 is 3.40.